The summed E-state index contributed by atoms with van der Waals surface area (Å²) in [6, 6.07) is 5.45. The number of nitrogens with one attached hydrogen (secondary N) is 2. The SMILES string of the molecule is CC(C)C(=O)N1CCCCCCCNCc2cc(C(=O)NCCC(N)=O)ccc21. The highest BCUT2D eigenvalue weighted by atomic mass is 16.2. The Labute approximate surface area is 173 Å². The van der Waals surface area contributed by atoms with Crippen LogP contribution in [0.15, 0.2) is 18.2 Å². The molecule has 1 aliphatic rings. The van der Waals surface area contributed by atoms with E-state index in [1.54, 1.807) is 6.07 Å². The van der Waals surface area contributed by atoms with Gasteiger partial charge in [-0.15, -0.1) is 0 Å². The number of fused-ring (bicyclic) bond motifs is 1. The topological polar surface area (TPSA) is 105 Å². The van der Waals surface area contributed by atoms with E-state index in [2.05, 4.69) is 10.6 Å². The fourth-order valence-corrected chi connectivity index (χ4v) is 3.47. The Kier molecular flexibility index (Phi) is 9.12. The third-order valence-electron chi connectivity index (χ3n) is 5.10. The van der Waals surface area contributed by atoms with Gasteiger partial charge in [0, 0.05) is 43.2 Å². The Bertz CT molecular complexity index is 718. The monoisotopic (exact) mass is 402 g/mol. The minimum absolute atomic E-state index is 0.0968. The molecule has 0 fully saturated rings. The molecule has 0 atom stereocenters. The van der Waals surface area contributed by atoms with Gasteiger partial charge in [0.25, 0.3) is 5.91 Å². The molecule has 1 aliphatic heterocycles. The first-order chi connectivity index (χ1) is 13.9. The zero-order valence-corrected chi connectivity index (χ0v) is 17.6. The third kappa shape index (κ3) is 7.16. The molecule has 0 spiro atoms. The van der Waals surface area contributed by atoms with E-state index in [4.69, 9.17) is 5.73 Å². The third-order valence-corrected chi connectivity index (χ3v) is 5.10. The summed E-state index contributed by atoms with van der Waals surface area (Å²) in [5.74, 6) is -0.695. The lowest BCUT2D eigenvalue weighted by molar-refractivity contribution is -0.121. The van der Waals surface area contributed by atoms with E-state index in [-0.39, 0.29) is 30.7 Å². The standard InChI is InChI=1S/C22H34N4O3/c1-16(2)22(29)26-13-7-5-3-4-6-11-24-15-18-14-17(8-9-19(18)26)21(28)25-12-10-20(23)27/h8-9,14,16,24H,3-7,10-13,15H2,1-2H3,(H2,23,27)(H,25,28). The van der Waals surface area contributed by atoms with Crippen LogP contribution in [-0.4, -0.2) is 37.4 Å². The zero-order chi connectivity index (χ0) is 21.2. The van der Waals surface area contributed by atoms with Crippen LogP contribution < -0.4 is 21.3 Å². The highest BCUT2D eigenvalue weighted by molar-refractivity contribution is 5.98. The molecule has 0 radical (unpaired) electrons. The molecular weight excluding hydrogens is 368 g/mol. The first-order valence-corrected chi connectivity index (χ1v) is 10.6. The van der Waals surface area contributed by atoms with E-state index in [0.717, 1.165) is 37.1 Å². The summed E-state index contributed by atoms with van der Waals surface area (Å²) in [5.41, 5.74) is 7.44. The summed E-state index contributed by atoms with van der Waals surface area (Å²) >= 11 is 0. The summed E-state index contributed by atoms with van der Waals surface area (Å²) in [7, 11) is 0. The lowest BCUT2D eigenvalue weighted by atomic mass is 10.0. The fourth-order valence-electron chi connectivity index (χ4n) is 3.47. The van der Waals surface area contributed by atoms with Crippen LogP contribution in [0.1, 0.15) is 68.3 Å². The van der Waals surface area contributed by atoms with E-state index >= 15 is 0 Å². The second-order valence-electron chi connectivity index (χ2n) is 7.90. The van der Waals surface area contributed by atoms with Gasteiger partial charge in [0.2, 0.25) is 11.8 Å². The molecule has 0 bridgehead atoms. The first kappa shape index (κ1) is 22.9. The molecule has 0 unspecified atom stereocenters. The van der Waals surface area contributed by atoms with Crippen LogP contribution in [0.5, 0.6) is 0 Å². The number of hydrogen-bond acceptors (Lipinski definition) is 4. The van der Waals surface area contributed by atoms with Crippen LogP contribution in [0, 0.1) is 5.92 Å². The second-order valence-corrected chi connectivity index (χ2v) is 7.90. The van der Waals surface area contributed by atoms with Gasteiger partial charge in [-0.2, -0.15) is 0 Å². The van der Waals surface area contributed by atoms with Crippen LogP contribution >= 0.6 is 0 Å². The second kappa shape index (κ2) is 11.6. The van der Waals surface area contributed by atoms with Gasteiger partial charge in [0.05, 0.1) is 0 Å². The number of hydrogen-bond donors (Lipinski definition) is 3. The molecule has 29 heavy (non-hydrogen) atoms. The minimum Gasteiger partial charge on any atom is -0.370 e. The number of carbonyl (C=O) groups excluding carboxylic acids is 3. The van der Waals surface area contributed by atoms with E-state index in [9.17, 15) is 14.4 Å². The maximum Gasteiger partial charge on any atom is 0.251 e. The smallest absolute Gasteiger partial charge is 0.251 e. The summed E-state index contributed by atoms with van der Waals surface area (Å²) in [6.45, 7) is 6.23. The first-order valence-electron chi connectivity index (χ1n) is 10.6. The molecule has 1 heterocycles. The van der Waals surface area contributed by atoms with E-state index in [1.165, 1.54) is 12.8 Å². The zero-order valence-electron chi connectivity index (χ0n) is 17.6. The number of rotatable bonds is 5. The van der Waals surface area contributed by atoms with Crippen molar-refractivity contribution in [3.63, 3.8) is 0 Å². The van der Waals surface area contributed by atoms with Gasteiger partial charge in [-0.1, -0.05) is 33.1 Å². The van der Waals surface area contributed by atoms with Crippen molar-refractivity contribution < 1.29 is 14.4 Å². The molecule has 3 amide bonds. The average Bonchev–Trinajstić information content (AvgIpc) is 2.67. The van der Waals surface area contributed by atoms with Crippen molar-refractivity contribution in [2.45, 2.75) is 58.9 Å². The van der Waals surface area contributed by atoms with Gasteiger partial charge in [-0.3, -0.25) is 14.4 Å². The molecule has 0 aliphatic carbocycles. The lowest BCUT2D eigenvalue weighted by Crippen LogP contribution is -2.36. The largest absolute Gasteiger partial charge is 0.370 e. The highest BCUT2D eigenvalue weighted by Gasteiger charge is 2.22. The molecular formula is C22H34N4O3. The van der Waals surface area contributed by atoms with Crippen LogP contribution in [-0.2, 0) is 16.1 Å². The summed E-state index contributed by atoms with van der Waals surface area (Å²) < 4.78 is 0. The van der Waals surface area contributed by atoms with Gasteiger partial charge in [-0.05, 0) is 43.1 Å². The van der Waals surface area contributed by atoms with Gasteiger partial charge in [-0.25, -0.2) is 0 Å². The van der Waals surface area contributed by atoms with Crippen molar-refractivity contribution in [3.8, 4) is 0 Å². The lowest BCUT2D eigenvalue weighted by Gasteiger charge is -2.28. The van der Waals surface area contributed by atoms with Crippen molar-refractivity contribution in [1.82, 2.24) is 10.6 Å². The molecule has 0 aromatic heterocycles. The molecule has 0 saturated heterocycles. The Hall–Kier alpha value is -2.41. The summed E-state index contributed by atoms with van der Waals surface area (Å²) in [5, 5.41) is 6.16. The summed E-state index contributed by atoms with van der Waals surface area (Å²) in [6.07, 6.45) is 5.67. The maximum atomic E-state index is 12.9. The van der Waals surface area contributed by atoms with Crippen molar-refractivity contribution in [1.29, 1.82) is 0 Å². The van der Waals surface area contributed by atoms with Gasteiger partial charge >= 0.3 is 0 Å². The minimum atomic E-state index is -0.449. The normalized spacial score (nSPS) is 15.8. The van der Waals surface area contributed by atoms with Crippen molar-refractivity contribution in [2.24, 2.45) is 11.7 Å². The number of primary amides is 1. The number of benzene rings is 1. The molecule has 4 N–H and O–H groups in total. The number of nitrogens with two attached hydrogens (primary N) is 1. The molecule has 1 aromatic rings. The maximum absolute atomic E-state index is 12.9. The van der Waals surface area contributed by atoms with Crippen LogP contribution in [0.25, 0.3) is 0 Å². The van der Waals surface area contributed by atoms with Crippen molar-refractivity contribution in [3.05, 3.63) is 29.3 Å². The Morgan fingerprint density at radius 1 is 1.14 bits per heavy atom. The van der Waals surface area contributed by atoms with E-state index in [1.807, 2.05) is 30.9 Å². The molecule has 2 rings (SSSR count). The predicted octanol–water partition coefficient (Wildman–Crippen LogP) is 2.33. The number of nitrogens with zero attached hydrogens (tertiary/aromatic N) is 1. The van der Waals surface area contributed by atoms with Gasteiger partial charge in [0.1, 0.15) is 0 Å². The fraction of sp³-hybridized carbons (Fsp3) is 0.591. The van der Waals surface area contributed by atoms with E-state index in [0.29, 0.717) is 18.7 Å². The van der Waals surface area contributed by atoms with E-state index < -0.39 is 5.91 Å². The number of carbonyl (C=O) groups is 3. The molecule has 7 heteroatoms. The molecule has 0 saturated carbocycles. The quantitative estimate of drug-likeness (QED) is 0.703. The van der Waals surface area contributed by atoms with Crippen molar-refractivity contribution >= 4 is 23.4 Å². The molecule has 1 aromatic carbocycles. The van der Waals surface area contributed by atoms with Crippen LogP contribution in [0.3, 0.4) is 0 Å². The average molecular weight is 403 g/mol. The Morgan fingerprint density at radius 2 is 1.86 bits per heavy atom. The number of amides is 3. The van der Waals surface area contributed by atoms with Crippen molar-refractivity contribution in [2.75, 3.05) is 24.5 Å². The molecule has 7 nitrogen and oxygen atoms in total. The van der Waals surface area contributed by atoms with Gasteiger partial charge in [0.15, 0.2) is 0 Å². The highest BCUT2D eigenvalue weighted by Crippen LogP contribution is 2.25. The summed E-state index contributed by atoms with van der Waals surface area (Å²) in [4.78, 5) is 38.1. The van der Waals surface area contributed by atoms with Crippen LogP contribution in [0.2, 0.25) is 0 Å². The number of anilines is 1. The Balaban J connectivity index is 2.29. The van der Waals surface area contributed by atoms with Crippen LogP contribution in [0.4, 0.5) is 5.69 Å². The van der Waals surface area contributed by atoms with Gasteiger partial charge < -0.3 is 21.3 Å². The predicted molar refractivity (Wildman–Crippen MR) is 115 cm³/mol. The molecule has 160 valence electrons. The Morgan fingerprint density at radius 3 is 2.59 bits per heavy atom.